The zero-order valence-electron chi connectivity index (χ0n) is 11.2. The fraction of sp³-hybridized carbons (Fsp3) is 0.429. The molecule has 4 nitrogen and oxygen atoms in total. The molecule has 0 aliphatic rings. The maximum Gasteiger partial charge on any atom is 0.328 e. The molecule has 0 radical (unpaired) electrons. The van der Waals surface area contributed by atoms with Gasteiger partial charge in [-0.3, -0.25) is 4.79 Å². The summed E-state index contributed by atoms with van der Waals surface area (Å²) >= 11 is 0. The molecule has 0 atom stereocenters. The normalized spacial score (nSPS) is 11.1. The van der Waals surface area contributed by atoms with Crippen LogP contribution in [0.25, 0.3) is 0 Å². The van der Waals surface area contributed by atoms with Crippen molar-refractivity contribution < 1.29 is 14.7 Å². The number of amides is 1. The number of carbonyl (C=O) groups excluding carboxylic acids is 1. The van der Waals surface area contributed by atoms with E-state index in [4.69, 9.17) is 5.11 Å². The predicted octanol–water partition coefficient (Wildman–Crippen LogP) is 1.83. The van der Waals surface area contributed by atoms with Crippen molar-refractivity contribution in [3.8, 4) is 0 Å². The average molecular weight is 249 g/mol. The lowest BCUT2D eigenvalue weighted by atomic mass is 10.0. The molecule has 0 fully saturated rings. The lowest BCUT2D eigenvalue weighted by Gasteiger charge is -2.21. The fourth-order valence-corrected chi connectivity index (χ4v) is 1.61. The van der Waals surface area contributed by atoms with Crippen LogP contribution in [0, 0.1) is 13.8 Å². The zero-order valence-corrected chi connectivity index (χ0v) is 11.2. The number of carboxylic acids is 1. The molecule has 2 N–H and O–H groups in total. The molecule has 18 heavy (non-hydrogen) atoms. The SMILES string of the molecule is Cc1ccc(C)c(CC(=O)NC(C)(C)C(=O)O)c1. The van der Waals surface area contributed by atoms with Gasteiger partial charge in [-0.15, -0.1) is 0 Å². The van der Waals surface area contributed by atoms with Gasteiger partial charge in [0.1, 0.15) is 5.54 Å². The van der Waals surface area contributed by atoms with Crippen LogP contribution in [0.4, 0.5) is 0 Å². The van der Waals surface area contributed by atoms with Gasteiger partial charge in [0.2, 0.25) is 5.91 Å². The topological polar surface area (TPSA) is 66.4 Å². The third-order valence-electron chi connectivity index (χ3n) is 2.84. The fourth-order valence-electron chi connectivity index (χ4n) is 1.61. The molecule has 1 aromatic rings. The monoisotopic (exact) mass is 249 g/mol. The Balaban J connectivity index is 2.77. The minimum Gasteiger partial charge on any atom is -0.480 e. The lowest BCUT2D eigenvalue weighted by Crippen LogP contribution is -2.50. The number of benzene rings is 1. The van der Waals surface area contributed by atoms with Gasteiger partial charge < -0.3 is 10.4 Å². The molecular formula is C14H19NO3. The van der Waals surface area contributed by atoms with E-state index in [1.54, 1.807) is 0 Å². The van der Waals surface area contributed by atoms with Gasteiger partial charge in [-0.05, 0) is 38.8 Å². The molecule has 0 unspecified atom stereocenters. The van der Waals surface area contributed by atoms with Gasteiger partial charge >= 0.3 is 5.97 Å². The van der Waals surface area contributed by atoms with Crippen LogP contribution in [0.15, 0.2) is 18.2 Å². The summed E-state index contributed by atoms with van der Waals surface area (Å²) in [6, 6.07) is 5.89. The standard InChI is InChI=1S/C14H19NO3/c1-9-5-6-10(2)11(7-9)8-12(16)15-14(3,4)13(17)18/h5-7H,8H2,1-4H3,(H,15,16)(H,17,18). The highest BCUT2D eigenvalue weighted by molar-refractivity contribution is 5.87. The first kappa shape index (κ1) is 14.2. The number of rotatable bonds is 4. The van der Waals surface area contributed by atoms with Crippen LogP contribution >= 0.6 is 0 Å². The molecule has 0 bridgehead atoms. The van der Waals surface area contributed by atoms with Crippen molar-refractivity contribution in [2.24, 2.45) is 0 Å². The minimum atomic E-state index is -1.24. The van der Waals surface area contributed by atoms with Crippen molar-refractivity contribution in [3.05, 3.63) is 34.9 Å². The Bertz CT molecular complexity index is 478. The first-order valence-electron chi connectivity index (χ1n) is 5.83. The van der Waals surface area contributed by atoms with Crippen LogP contribution in [0.1, 0.15) is 30.5 Å². The van der Waals surface area contributed by atoms with E-state index in [-0.39, 0.29) is 12.3 Å². The van der Waals surface area contributed by atoms with Gasteiger partial charge in [-0.2, -0.15) is 0 Å². The lowest BCUT2D eigenvalue weighted by molar-refractivity contribution is -0.145. The molecule has 0 heterocycles. The van der Waals surface area contributed by atoms with Gasteiger partial charge in [-0.25, -0.2) is 4.79 Å². The van der Waals surface area contributed by atoms with Gasteiger partial charge in [0, 0.05) is 0 Å². The molecule has 0 aromatic heterocycles. The highest BCUT2D eigenvalue weighted by atomic mass is 16.4. The Morgan fingerprint density at radius 1 is 1.28 bits per heavy atom. The zero-order chi connectivity index (χ0) is 13.9. The Kier molecular flexibility index (Phi) is 4.11. The largest absolute Gasteiger partial charge is 0.480 e. The van der Waals surface area contributed by atoms with Crippen LogP contribution in [-0.4, -0.2) is 22.5 Å². The summed E-state index contributed by atoms with van der Waals surface area (Å²) in [5.41, 5.74) is 1.80. The third-order valence-corrected chi connectivity index (χ3v) is 2.84. The predicted molar refractivity (Wildman–Crippen MR) is 69.5 cm³/mol. The summed E-state index contributed by atoms with van der Waals surface area (Å²) < 4.78 is 0. The van der Waals surface area contributed by atoms with Crippen molar-refractivity contribution in [1.29, 1.82) is 0 Å². The Morgan fingerprint density at radius 2 is 1.89 bits per heavy atom. The van der Waals surface area contributed by atoms with Crippen LogP contribution in [0.3, 0.4) is 0 Å². The van der Waals surface area contributed by atoms with Crippen LogP contribution in [0.2, 0.25) is 0 Å². The summed E-state index contributed by atoms with van der Waals surface area (Å²) in [4.78, 5) is 22.7. The number of hydrogen-bond donors (Lipinski definition) is 2. The van der Waals surface area contributed by atoms with Crippen molar-refractivity contribution in [2.45, 2.75) is 39.7 Å². The van der Waals surface area contributed by atoms with Crippen LogP contribution < -0.4 is 5.32 Å². The molecule has 1 rings (SSSR count). The number of hydrogen-bond acceptors (Lipinski definition) is 2. The molecule has 1 amide bonds. The molecule has 0 aliphatic carbocycles. The molecule has 1 aromatic carbocycles. The molecule has 4 heteroatoms. The van der Waals surface area contributed by atoms with E-state index in [1.165, 1.54) is 13.8 Å². The highest BCUT2D eigenvalue weighted by Gasteiger charge is 2.28. The second kappa shape index (κ2) is 5.21. The summed E-state index contributed by atoms with van der Waals surface area (Å²) in [7, 11) is 0. The van der Waals surface area contributed by atoms with E-state index in [1.807, 2.05) is 32.0 Å². The summed E-state index contributed by atoms with van der Waals surface area (Å²) in [6.07, 6.45) is 0.199. The first-order chi connectivity index (χ1) is 8.22. The summed E-state index contributed by atoms with van der Waals surface area (Å²) in [5.74, 6) is -1.33. The number of carboxylic acid groups (broad SMARTS) is 1. The van der Waals surface area contributed by atoms with Crippen molar-refractivity contribution in [2.75, 3.05) is 0 Å². The maximum absolute atomic E-state index is 11.8. The van der Waals surface area contributed by atoms with E-state index < -0.39 is 11.5 Å². The molecule has 0 spiro atoms. The van der Waals surface area contributed by atoms with Crippen LogP contribution in [-0.2, 0) is 16.0 Å². The number of aliphatic carboxylic acids is 1. The van der Waals surface area contributed by atoms with E-state index in [2.05, 4.69) is 5.32 Å². The summed E-state index contributed by atoms with van der Waals surface area (Å²) in [5, 5.41) is 11.5. The second-order valence-corrected chi connectivity index (χ2v) is 5.09. The maximum atomic E-state index is 11.8. The highest BCUT2D eigenvalue weighted by Crippen LogP contribution is 2.12. The molecular weight excluding hydrogens is 230 g/mol. The van der Waals surface area contributed by atoms with Gasteiger partial charge in [0.05, 0.1) is 6.42 Å². The Labute approximate surface area is 107 Å². The first-order valence-corrected chi connectivity index (χ1v) is 5.83. The smallest absolute Gasteiger partial charge is 0.328 e. The van der Waals surface area contributed by atoms with E-state index in [0.29, 0.717) is 0 Å². The van der Waals surface area contributed by atoms with Gasteiger partial charge in [0.15, 0.2) is 0 Å². The molecule has 0 saturated carbocycles. The van der Waals surface area contributed by atoms with E-state index in [9.17, 15) is 9.59 Å². The third kappa shape index (κ3) is 3.58. The Hall–Kier alpha value is -1.84. The second-order valence-electron chi connectivity index (χ2n) is 5.09. The van der Waals surface area contributed by atoms with Crippen molar-refractivity contribution in [3.63, 3.8) is 0 Å². The van der Waals surface area contributed by atoms with E-state index >= 15 is 0 Å². The van der Waals surface area contributed by atoms with Gasteiger partial charge in [-0.1, -0.05) is 23.8 Å². The molecule has 0 aliphatic heterocycles. The number of carbonyl (C=O) groups is 2. The van der Waals surface area contributed by atoms with Crippen LogP contribution in [0.5, 0.6) is 0 Å². The molecule has 0 saturated heterocycles. The van der Waals surface area contributed by atoms with Gasteiger partial charge in [0.25, 0.3) is 0 Å². The number of aryl methyl sites for hydroxylation is 2. The van der Waals surface area contributed by atoms with Crippen molar-refractivity contribution in [1.82, 2.24) is 5.32 Å². The Morgan fingerprint density at radius 3 is 2.44 bits per heavy atom. The van der Waals surface area contributed by atoms with E-state index in [0.717, 1.165) is 16.7 Å². The average Bonchev–Trinajstić information content (AvgIpc) is 2.22. The van der Waals surface area contributed by atoms with Crippen molar-refractivity contribution >= 4 is 11.9 Å². The number of nitrogens with one attached hydrogen (secondary N) is 1. The molecule has 98 valence electrons. The summed E-state index contributed by atoms with van der Waals surface area (Å²) in [6.45, 7) is 6.83. The quantitative estimate of drug-likeness (QED) is 0.855. The minimum absolute atomic E-state index is 0.199.